The van der Waals surface area contributed by atoms with E-state index in [9.17, 15) is 18.4 Å². The molecule has 6 nitrogen and oxygen atoms in total. The summed E-state index contributed by atoms with van der Waals surface area (Å²) < 4.78 is 27.8. The van der Waals surface area contributed by atoms with Gasteiger partial charge in [0.15, 0.2) is 0 Å². The van der Waals surface area contributed by atoms with Gasteiger partial charge in [-0.2, -0.15) is 5.10 Å². The summed E-state index contributed by atoms with van der Waals surface area (Å²) in [5.41, 5.74) is 0.992. The first-order valence-corrected chi connectivity index (χ1v) is 7.90. The molecule has 1 atom stereocenters. The number of anilines is 1. The quantitative estimate of drug-likeness (QED) is 0.818. The zero-order chi connectivity index (χ0) is 18.2. The predicted molar refractivity (Wildman–Crippen MR) is 89.6 cm³/mol. The lowest BCUT2D eigenvalue weighted by molar-refractivity contribution is -0.145. The molecular weight excluding hydrogens is 354 g/mol. The lowest BCUT2D eigenvalue weighted by Crippen LogP contribution is -2.51. The predicted octanol–water partition coefficient (Wildman–Crippen LogP) is 2.82. The van der Waals surface area contributed by atoms with Crippen LogP contribution in [0.1, 0.15) is 6.42 Å². The Balaban J connectivity index is 1.80. The average Bonchev–Trinajstić information content (AvgIpc) is 3.04. The number of rotatable bonds is 3. The van der Waals surface area contributed by atoms with Crippen LogP contribution in [0.3, 0.4) is 0 Å². The lowest BCUT2D eigenvalue weighted by Gasteiger charge is -2.36. The molecule has 1 saturated heterocycles. The fraction of sp³-hybridized carbons (Fsp3) is 0.312. The average molecular weight is 369 g/mol. The van der Waals surface area contributed by atoms with Crippen molar-refractivity contribution < 1.29 is 18.4 Å². The highest BCUT2D eigenvalue weighted by Gasteiger charge is 2.44. The van der Waals surface area contributed by atoms with Crippen molar-refractivity contribution in [2.45, 2.75) is 12.3 Å². The number of H-pyrrole nitrogens is 1. The summed E-state index contributed by atoms with van der Waals surface area (Å²) in [6.45, 7) is 2.48. The van der Waals surface area contributed by atoms with Crippen molar-refractivity contribution >= 4 is 40.0 Å². The lowest BCUT2D eigenvalue weighted by atomic mass is 9.94. The smallest absolute Gasteiger partial charge is 0.266 e. The Morgan fingerprint density at radius 3 is 2.96 bits per heavy atom. The second kappa shape index (κ2) is 6.44. The van der Waals surface area contributed by atoms with Crippen molar-refractivity contribution in [3.8, 4) is 0 Å². The van der Waals surface area contributed by atoms with Gasteiger partial charge in [0.2, 0.25) is 11.8 Å². The molecule has 25 heavy (non-hydrogen) atoms. The van der Waals surface area contributed by atoms with E-state index in [1.165, 1.54) is 6.20 Å². The zero-order valence-corrected chi connectivity index (χ0v) is 13.8. The number of fused-ring (bicyclic) bond motifs is 1. The number of hydrogen-bond acceptors (Lipinski definition) is 3. The Bertz CT molecular complexity index is 852. The summed E-state index contributed by atoms with van der Waals surface area (Å²) >= 11 is 6.22. The molecule has 2 N–H and O–H groups in total. The second-order valence-corrected chi connectivity index (χ2v) is 6.31. The minimum atomic E-state index is -3.14. The Kier molecular flexibility index (Phi) is 4.47. The van der Waals surface area contributed by atoms with E-state index in [4.69, 9.17) is 11.6 Å². The molecule has 0 spiro atoms. The molecule has 132 valence electrons. The molecule has 1 aromatic carbocycles. The van der Waals surface area contributed by atoms with Crippen LogP contribution in [0.4, 0.5) is 14.5 Å². The van der Waals surface area contributed by atoms with Crippen molar-refractivity contribution in [1.82, 2.24) is 15.1 Å². The number of hydrogen-bond donors (Lipinski definition) is 2. The molecule has 9 heteroatoms. The number of amides is 2. The van der Waals surface area contributed by atoms with Gasteiger partial charge in [0.05, 0.1) is 34.9 Å². The number of carbonyl (C=O) groups is 2. The number of benzene rings is 1. The number of likely N-dealkylation sites (tertiary alicyclic amines) is 1. The van der Waals surface area contributed by atoms with Gasteiger partial charge in [-0.1, -0.05) is 18.2 Å². The summed E-state index contributed by atoms with van der Waals surface area (Å²) in [4.78, 5) is 25.0. The van der Waals surface area contributed by atoms with Crippen LogP contribution >= 0.6 is 11.6 Å². The fourth-order valence-corrected chi connectivity index (χ4v) is 3.15. The maximum absolute atomic E-state index is 13.9. The second-order valence-electron chi connectivity index (χ2n) is 5.93. The first kappa shape index (κ1) is 17.3. The number of nitrogens with zero attached hydrogens (tertiary/aromatic N) is 2. The number of nitrogens with one attached hydrogen (secondary N) is 2. The van der Waals surface area contributed by atoms with Crippen molar-refractivity contribution in [2.75, 3.05) is 18.4 Å². The molecule has 1 aromatic heterocycles. The maximum Gasteiger partial charge on any atom is 0.266 e. The number of halogens is 3. The Hall–Kier alpha value is -2.48. The van der Waals surface area contributed by atoms with Gasteiger partial charge in [0, 0.05) is 18.4 Å². The standard InChI is InChI=1S/C16H15ClF2N4O2/c1-2-13(24)23-7-9(5-16(18,19)8-23)15(25)21-12-4-3-11-10(14(12)17)6-20-22-11/h2-4,6,9H,1,5,7-8H2,(H,20,22)(H,21,25). The van der Waals surface area contributed by atoms with E-state index in [1.807, 2.05) is 0 Å². The van der Waals surface area contributed by atoms with Crippen LogP contribution in [0.15, 0.2) is 31.0 Å². The normalized spacial score (nSPS) is 19.6. The highest BCUT2D eigenvalue weighted by Crippen LogP contribution is 2.33. The van der Waals surface area contributed by atoms with Crippen LogP contribution in [0, 0.1) is 5.92 Å². The summed E-state index contributed by atoms with van der Waals surface area (Å²) in [7, 11) is 0. The third-order valence-corrected chi connectivity index (χ3v) is 4.49. The molecule has 0 bridgehead atoms. The van der Waals surface area contributed by atoms with Gasteiger partial charge in [-0.05, 0) is 18.2 Å². The topological polar surface area (TPSA) is 78.1 Å². The Morgan fingerprint density at radius 1 is 1.48 bits per heavy atom. The molecule has 0 aliphatic carbocycles. The monoisotopic (exact) mass is 368 g/mol. The SMILES string of the molecule is C=CC(=O)N1CC(C(=O)Nc2ccc3[nH]ncc3c2Cl)CC(F)(F)C1. The molecule has 2 amide bonds. The number of alkyl halides is 2. The van der Waals surface area contributed by atoms with E-state index in [0.29, 0.717) is 16.6 Å². The van der Waals surface area contributed by atoms with Gasteiger partial charge in [-0.3, -0.25) is 14.7 Å². The molecule has 1 aliphatic rings. The van der Waals surface area contributed by atoms with E-state index in [-0.39, 0.29) is 11.6 Å². The summed E-state index contributed by atoms with van der Waals surface area (Å²) in [6.07, 6.45) is 1.83. The van der Waals surface area contributed by atoms with Crippen molar-refractivity contribution in [2.24, 2.45) is 5.92 Å². The van der Waals surface area contributed by atoms with Crippen LogP contribution < -0.4 is 5.32 Å². The number of aromatic nitrogens is 2. The van der Waals surface area contributed by atoms with Gasteiger partial charge >= 0.3 is 0 Å². The Labute approximate surface area is 146 Å². The van der Waals surface area contributed by atoms with Gasteiger partial charge in [-0.15, -0.1) is 0 Å². The van der Waals surface area contributed by atoms with Crippen molar-refractivity contribution in [3.05, 3.63) is 36.0 Å². The van der Waals surface area contributed by atoms with E-state index in [2.05, 4.69) is 22.1 Å². The molecular formula is C16H15ClF2N4O2. The third-order valence-electron chi connectivity index (χ3n) is 4.08. The van der Waals surface area contributed by atoms with Crippen molar-refractivity contribution in [3.63, 3.8) is 0 Å². The van der Waals surface area contributed by atoms with Gasteiger partial charge in [0.25, 0.3) is 5.92 Å². The van der Waals surface area contributed by atoms with Gasteiger partial charge in [-0.25, -0.2) is 8.78 Å². The molecule has 1 unspecified atom stereocenters. The van der Waals surface area contributed by atoms with Gasteiger partial charge < -0.3 is 10.2 Å². The van der Waals surface area contributed by atoms with Crippen LogP contribution in [0.25, 0.3) is 10.9 Å². The summed E-state index contributed by atoms with van der Waals surface area (Å²) in [5.74, 6) is -5.44. The van der Waals surface area contributed by atoms with E-state index < -0.39 is 36.6 Å². The number of carbonyl (C=O) groups excluding carboxylic acids is 2. The molecule has 0 radical (unpaired) electrons. The summed E-state index contributed by atoms with van der Waals surface area (Å²) in [6, 6.07) is 3.24. The molecule has 2 heterocycles. The maximum atomic E-state index is 13.9. The first-order valence-electron chi connectivity index (χ1n) is 7.52. The van der Waals surface area contributed by atoms with E-state index in [0.717, 1.165) is 11.0 Å². The zero-order valence-electron chi connectivity index (χ0n) is 13.1. The van der Waals surface area contributed by atoms with Crippen LogP contribution in [-0.4, -0.2) is 45.9 Å². The largest absolute Gasteiger partial charge is 0.332 e. The van der Waals surface area contributed by atoms with Gasteiger partial charge in [0.1, 0.15) is 0 Å². The Morgan fingerprint density at radius 2 is 2.24 bits per heavy atom. The highest BCUT2D eigenvalue weighted by atomic mass is 35.5. The minimum absolute atomic E-state index is 0.0994. The van der Waals surface area contributed by atoms with Crippen LogP contribution in [0.2, 0.25) is 5.02 Å². The summed E-state index contributed by atoms with van der Waals surface area (Å²) in [5, 5.41) is 10.0. The first-order chi connectivity index (χ1) is 11.8. The fourth-order valence-electron chi connectivity index (χ4n) is 2.89. The minimum Gasteiger partial charge on any atom is -0.332 e. The molecule has 1 aliphatic heterocycles. The third kappa shape index (κ3) is 3.48. The number of aromatic amines is 1. The van der Waals surface area contributed by atoms with E-state index in [1.54, 1.807) is 12.1 Å². The molecule has 3 rings (SSSR count). The molecule has 1 fully saturated rings. The highest BCUT2D eigenvalue weighted by molar-refractivity contribution is 6.38. The molecule has 2 aromatic rings. The molecule has 0 saturated carbocycles. The van der Waals surface area contributed by atoms with Crippen LogP contribution in [0.5, 0.6) is 0 Å². The van der Waals surface area contributed by atoms with Crippen molar-refractivity contribution in [1.29, 1.82) is 0 Å². The van der Waals surface area contributed by atoms with Crippen LogP contribution in [-0.2, 0) is 9.59 Å². The number of piperidine rings is 1. The van der Waals surface area contributed by atoms with E-state index >= 15 is 0 Å².